The van der Waals surface area contributed by atoms with Crippen molar-refractivity contribution in [2.45, 2.75) is 56.8 Å². The molecule has 0 radical (unpaired) electrons. The molecular weight excluding hydrogens is 579 g/mol. The molecule has 0 amide bonds. The molecule has 48 heavy (non-hydrogen) atoms. The predicted molar refractivity (Wildman–Crippen MR) is 199 cm³/mol. The Balaban J connectivity index is 1.19. The van der Waals surface area contributed by atoms with Crippen molar-refractivity contribution >= 4 is 27.8 Å². The van der Waals surface area contributed by atoms with Gasteiger partial charge in [-0.2, -0.15) is 0 Å². The zero-order valence-corrected chi connectivity index (χ0v) is 27.9. The molecule has 12 rings (SSSR count). The van der Waals surface area contributed by atoms with Crippen molar-refractivity contribution < 1.29 is 0 Å². The molecule has 0 aromatic heterocycles. The van der Waals surface area contributed by atoms with E-state index in [0.717, 1.165) is 11.8 Å². The highest BCUT2D eigenvalue weighted by Crippen LogP contribution is 2.71. The molecule has 0 atom stereocenters. The first kappa shape index (κ1) is 27.3. The van der Waals surface area contributed by atoms with Crippen LogP contribution in [0, 0.1) is 23.7 Å². The Hall–Kier alpha value is -4.62. The van der Waals surface area contributed by atoms with E-state index >= 15 is 0 Å². The quantitative estimate of drug-likeness (QED) is 0.190. The fourth-order valence-corrected chi connectivity index (χ4v) is 11.9. The molecule has 0 aliphatic heterocycles. The van der Waals surface area contributed by atoms with Gasteiger partial charge in [-0.25, -0.2) is 0 Å². The number of hydrogen-bond acceptors (Lipinski definition) is 1. The molecule has 1 heteroatoms. The van der Waals surface area contributed by atoms with Crippen LogP contribution in [0.5, 0.6) is 0 Å². The summed E-state index contributed by atoms with van der Waals surface area (Å²) in [6, 6.07) is 49.0. The van der Waals surface area contributed by atoms with Gasteiger partial charge in [0, 0.05) is 22.2 Å². The maximum absolute atomic E-state index is 2.64. The van der Waals surface area contributed by atoms with Gasteiger partial charge in [-0.05, 0) is 141 Å². The zero-order chi connectivity index (χ0) is 31.8. The summed E-state index contributed by atoms with van der Waals surface area (Å²) in [7, 11) is 0. The Morgan fingerprint density at radius 3 is 1.83 bits per heavy atom. The molecule has 0 N–H and O–H groups in total. The van der Waals surface area contributed by atoms with Gasteiger partial charge in [0.2, 0.25) is 0 Å². The van der Waals surface area contributed by atoms with Crippen LogP contribution >= 0.6 is 0 Å². The van der Waals surface area contributed by atoms with E-state index in [9.17, 15) is 0 Å². The van der Waals surface area contributed by atoms with Gasteiger partial charge >= 0.3 is 0 Å². The normalized spacial score (nSPS) is 26.4. The van der Waals surface area contributed by atoms with Crippen LogP contribution in [0.25, 0.3) is 33.0 Å². The predicted octanol–water partition coefficient (Wildman–Crippen LogP) is 12.3. The molecule has 1 spiro atoms. The maximum Gasteiger partial charge on any atom is 0.0509 e. The molecule has 4 bridgehead atoms. The van der Waals surface area contributed by atoms with E-state index in [1.807, 2.05) is 0 Å². The minimum Gasteiger partial charge on any atom is -0.310 e. The average Bonchev–Trinajstić information content (AvgIpc) is 3.54. The van der Waals surface area contributed by atoms with Crippen molar-refractivity contribution in [3.63, 3.8) is 0 Å². The number of anilines is 3. The van der Waals surface area contributed by atoms with E-state index in [-0.39, 0.29) is 10.8 Å². The van der Waals surface area contributed by atoms with Crippen LogP contribution in [0.3, 0.4) is 0 Å². The topological polar surface area (TPSA) is 3.24 Å². The summed E-state index contributed by atoms with van der Waals surface area (Å²) in [5.74, 6) is 3.26. The van der Waals surface area contributed by atoms with E-state index in [4.69, 9.17) is 0 Å². The van der Waals surface area contributed by atoms with E-state index in [1.165, 1.54) is 93.3 Å². The van der Waals surface area contributed by atoms with Gasteiger partial charge in [0.25, 0.3) is 0 Å². The van der Waals surface area contributed by atoms with Crippen molar-refractivity contribution in [3.8, 4) is 22.3 Å². The maximum atomic E-state index is 2.64. The first-order valence-electron chi connectivity index (χ1n) is 18.3. The Labute approximate surface area is 284 Å². The molecule has 6 aliphatic rings. The molecule has 6 aromatic rings. The Bertz CT molecular complexity index is 2280. The van der Waals surface area contributed by atoms with Gasteiger partial charge in [0.1, 0.15) is 0 Å². The number of rotatable bonds is 3. The SMILES string of the molecule is CC1(C)c2ccccc2-c2ccc(N(c3ccc4ccccc4c3)c3cccc4c3C3(c5ccccc5-4)C4CC5CC(C4)CC3C5)cc21. The standard InChI is InChI=1S/C47H41N/c1-46(2)41-15-7-5-12-37(41)39-21-20-36(28-43(39)46)48(35-19-18-31-10-3-4-11-32(31)27-35)44-17-9-14-40-38-13-6-8-16-42(38)47(45(40)44)33-23-29-22-30(25-33)26-34(47)24-29/h3-21,27-30,33-34H,22-26H2,1-2H3. The molecule has 1 nitrogen and oxygen atoms in total. The van der Waals surface area contributed by atoms with Gasteiger partial charge in [-0.1, -0.05) is 111 Å². The van der Waals surface area contributed by atoms with Gasteiger partial charge in [-0.3, -0.25) is 0 Å². The number of fused-ring (bicyclic) bond motifs is 7. The summed E-state index contributed by atoms with van der Waals surface area (Å²) in [6.45, 7) is 4.81. The van der Waals surface area contributed by atoms with E-state index in [1.54, 1.807) is 11.1 Å². The van der Waals surface area contributed by atoms with E-state index in [2.05, 4.69) is 146 Å². The van der Waals surface area contributed by atoms with Crippen molar-refractivity contribution in [3.05, 3.63) is 150 Å². The largest absolute Gasteiger partial charge is 0.310 e. The molecule has 0 unspecified atom stereocenters. The summed E-state index contributed by atoms with van der Waals surface area (Å²) in [6.07, 6.45) is 7.01. The van der Waals surface area contributed by atoms with Crippen LogP contribution in [-0.4, -0.2) is 0 Å². The molecule has 0 saturated heterocycles. The highest BCUT2D eigenvalue weighted by Gasteiger charge is 2.62. The molecule has 234 valence electrons. The number of nitrogens with zero attached hydrogens (tertiary/aromatic N) is 1. The van der Waals surface area contributed by atoms with Crippen LogP contribution in [0.4, 0.5) is 17.1 Å². The Kier molecular flexibility index (Phi) is 5.41. The minimum absolute atomic E-state index is 0.0610. The lowest BCUT2D eigenvalue weighted by Gasteiger charge is -2.61. The van der Waals surface area contributed by atoms with Crippen LogP contribution in [0.1, 0.15) is 68.2 Å². The first-order chi connectivity index (χ1) is 23.5. The molecule has 4 fully saturated rings. The summed E-state index contributed by atoms with van der Waals surface area (Å²) in [5, 5.41) is 2.57. The highest BCUT2D eigenvalue weighted by molar-refractivity contribution is 5.95. The second-order valence-electron chi connectivity index (χ2n) is 16.2. The molecular formula is C47H41N. The second-order valence-corrected chi connectivity index (χ2v) is 16.2. The minimum atomic E-state index is -0.0610. The van der Waals surface area contributed by atoms with E-state index < -0.39 is 0 Å². The molecule has 4 saturated carbocycles. The fourth-order valence-electron chi connectivity index (χ4n) is 11.9. The van der Waals surface area contributed by atoms with Crippen LogP contribution in [0.2, 0.25) is 0 Å². The summed E-state index contributed by atoms with van der Waals surface area (Å²) >= 11 is 0. The van der Waals surface area contributed by atoms with Crippen molar-refractivity contribution in [2.24, 2.45) is 23.7 Å². The average molecular weight is 620 g/mol. The van der Waals surface area contributed by atoms with Crippen LogP contribution < -0.4 is 4.90 Å². The van der Waals surface area contributed by atoms with Gasteiger partial charge in [-0.15, -0.1) is 0 Å². The third-order valence-electron chi connectivity index (χ3n) is 13.6. The lowest BCUT2D eigenvalue weighted by Crippen LogP contribution is -2.55. The lowest BCUT2D eigenvalue weighted by atomic mass is 9.43. The highest BCUT2D eigenvalue weighted by atomic mass is 15.1. The summed E-state index contributed by atoms with van der Waals surface area (Å²) in [4.78, 5) is 2.64. The molecule has 6 aromatic carbocycles. The first-order valence-corrected chi connectivity index (χ1v) is 18.3. The van der Waals surface area contributed by atoms with Crippen molar-refractivity contribution in [1.29, 1.82) is 0 Å². The fraction of sp³-hybridized carbons (Fsp3) is 0.277. The summed E-state index contributed by atoms with van der Waals surface area (Å²) in [5.41, 5.74) is 15.7. The third-order valence-corrected chi connectivity index (χ3v) is 13.6. The Morgan fingerprint density at radius 2 is 1.06 bits per heavy atom. The number of hydrogen-bond donors (Lipinski definition) is 0. The lowest BCUT2D eigenvalue weighted by molar-refractivity contribution is -0.0397. The van der Waals surface area contributed by atoms with Crippen LogP contribution in [-0.2, 0) is 10.8 Å². The van der Waals surface area contributed by atoms with Crippen molar-refractivity contribution in [1.82, 2.24) is 0 Å². The van der Waals surface area contributed by atoms with Gasteiger partial charge in [0.05, 0.1) is 5.69 Å². The third kappa shape index (κ3) is 3.42. The monoisotopic (exact) mass is 619 g/mol. The van der Waals surface area contributed by atoms with Crippen molar-refractivity contribution in [2.75, 3.05) is 4.90 Å². The molecule has 6 aliphatic carbocycles. The second kappa shape index (κ2) is 9.50. The Morgan fingerprint density at radius 1 is 0.479 bits per heavy atom. The number of benzene rings is 6. The van der Waals surface area contributed by atoms with Gasteiger partial charge in [0.15, 0.2) is 0 Å². The van der Waals surface area contributed by atoms with Gasteiger partial charge < -0.3 is 4.90 Å². The smallest absolute Gasteiger partial charge is 0.0509 e. The summed E-state index contributed by atoms with van der Waals surface area (Å²) < 4.78 is 0. The van der Waals surface area contributed by atoms with Crippen LogP contribution in [0.15, 0.2) is 127 Å². The molecule has 0 heterocycles. The van der Waals surface area contributed by atoms with E-state index in [0.29, 0.717) is 11.8 Å². The zero-order valence-electron chi connectivity index (χ0n) is 27.9.